The molecule has 0 unspecified atom stereocenters. The van der Waals surface area contributed by atoms with Crippen molar-refractivity contribution in [2.24, 2.45) is 0 Å². The average Bonchev–Trinajstić information content (AvgIpc) is 2.16. The van der Waals surface area contributed by atoms with Crippen molar-refractivity contribution in [2.75, 3.05) is 0 Å². The molecule has 0 aliphatic rings. The molecule has 0 amide bonds. The van der Waals surface area contributed by atoms with Crippen molar-refractivity contribution in [3.63, 3.8) is 0 Å². The third-order valence-electron chi connectivity index (χ3n) is 2.93. The predicted octanol–water partition coefficient (Wildman–Crippen LogP) is 3.63. The standard InChI is InChI=1S/C13H22O2Si/c1-10(2)16(14,11(3)4)15-13-8-6-7-12(5)9-13/h6-11,14H,1-5H3. The van der Waals surface area contributed by atoms with Crippen LogP contribution in [0, 0.1) is 6.92 Å². The molecule has 0 aliphatic carbocycles. The first-order valence-electron chi connectivity index (χ1n) is 5.84. The third kappa shape index (κ3) is 2.86. The van der Waals surface area contributed by atoms with E-state index in [2.05, 4.69) is 0 Å². The summed E-state index contributed by atoms with van der Waals surface area (Å²) in [5, 5.41) is 0. The Kier molecular flexibility index (Phi) is 4.16. The zero-order valence-corrected chi connectivity index (χ0v) is 11.8. The molecular weight excluding hydrogens is 216 g/mol. The topological polar surface area (TPSA) is 29.5 Å². The molecule has 0 saturated carbocycles. The van der Waals surface area contributed by atoms with E-state index >= 15 is 0 Å². The van der Waals surface area contributed by atoms with Crippen LogP contribution in [0.2, 0.25) is 11.1 Å². The SMILES string of the molecule is Cc1cccc(O[Si](O)(C(C)C)C(C)C)c1. The van der Waals surface area contributed by atoms with Crippen molar-refractivity contribution >= 4 is 8.56 Å². The molecule has 0 bridgehead atoms. The Labute approximate surface area is 99.5 Å². The summed E-state index contributed by atoms with van der Waals surface area (Å²) < 4.78 is 5.90. The summed E-state index contributed by atoms with van der Waals surface area (Å²) in [6, 6.07) is 7.87. The second-order valence-corrected chi connectivity index (χ2v) is 9.00. The van der Waals surface area contributed by atoms with E-state index in [-0.39, 0.29) is 11.1 Å². The summed E-state index contributed by atoms with van der Waals surface area (Å²) in [6.07, 6.45) is 0. The van der Waals surface area contributed by atoms with Gasteiger partial charge in [0.15, 0.2) is 0 Å². The van der Waals surface area contributed by atoms with Gasteiger partial charge in [-0.3, -0.25) is 0 Å². The lowest BCUT2D eigenvalue weighted by atomic mass is 10.2. The minimum atomic E-state index is -2.67. The van der Waals surface area contributed by atoms with E-state index in [0.717, 1.165) is 11.3 Å². The van der Waals surface area contributed by atoms with Crippen molar-refractivity contribution in [3.05, 3.63) is 29.8 Å². The van der Waals surface area contributed by atoms with Gasteiger partial charge in [-0.15, -0.1) is 0 Å². The number of hydrogen-bond acceptors (Lipinski definition) is 2. The summed E-state index contributed by atoms with van der Waals surface area (Å²) in [5.41, 5.74) is 1.53. The second kappa shape index (κ2) is 5.02. The van der Waals surface area contributed by atoms with E-state index < -0.39 is 8.56 Å². The summed E-state index contributed by atoms with van der Waals surface area (Å²) >= 11 is 0. The number of hydrogen-bond donors (Lipinski definition) is 1. The van der Waals surface area contributed by atoms with Crippen LogP contribution in [0.25, 0.3) is 0 Å². The number of benzene rings is 1. The number of aryl methyl sites for hydroxylation is 1. The van der Waals surface area contributed by atoms with Gasteiger partial charge in [0.25, 0.3) is 0 Å². The highest BCUT2D eigenvalue weighted by Gasteiger charge is 2.43. The van der Waals surface area contributed by atoms with Crippen molar-refractivity contribution in [1.82, 2.24) is 0 Å². The fourth-order valence-electron chi connectivity index (χ4n) is 1.77. The zero-order chi connectivity index (χ0) is 12.3. The monoisotopic (exact) mass is 238 g/mol. The quantitative estimate of drug-likeness (QED) is 0.812. The molecule has 16 heavy (non-hydrogen) atoms. The van der Waals surface area contributed by atoms with Gasteiger partial charge in [-0.05, 0) is 24.6 Å². The van der Waals surface area contributed by atoms with Crippen LogP contribution in [0.4, 0.5) is 0 Å². The molecule has 0 radical (unpaired) electrons. The first-order chi connectivity index (χ1) is 7.36. The zero-order valence-electron chi connectivity index (χ0n) is 10.8. The van der Waals surface area contributed by atoms with Crippen LogP contribution in [-0.4, -0.2) is 13.4 Å². The Balaban J connectivity index is 2.93. The van der Waals surface area contributed by atoms with Crippen LogP contribution < -0.4 is 4.43 Å². The second-order valence-electron chi connectivity index (χ2n) is 4.98. The highest BCUT2D eigenvalue weighted by molar-refractivity contribution is 6.69. The van der Waals surface area contributed by atoms with E-state index in [0.29, 0.717) is 0 Å². The van der Waals surface area contributed by atoms with E-state index in [1.807, 2.05) is 58.9 Å². The van der Waals surface area contributed by atoms with Gasteiger partial charge in [0.05, 0.1) is 0 Å². The maximum atomic E-state index is 10.6. The van der Waals surface area contributed by atoms with E-state index in [9.17, 15) is 4.80 Å². The average molecular weight is 238 g/mol. The Bertz CT molecular complexity index is 340. The van der Waals surface area contributed by atoms with Crippen molar-refractivity contribution in [3.8, 4) is 5.75 Å². The van der Waals surface area contributed by atoms with Crippen LogP contribution in [0.1, 0.15) is 33.3 Å². The number of rotatable bonds is 4. The highest BCUT2D eigenvalue weighted by atomic mass is 28.4. The molecule has 2 nitrogen and oxygen atoms in total. The van der Waals surface area contributed by atoms with Gasteiger partial charge < -0.3 is 9.22 Å². The Morgan fingerprint density at radius 2 is 1.69 bits per heavy atom. The predicted molar refractivity (Wildman–Crippen MR) is 70.0 cm³/mol. The van der Waals surface area contributed by atoms with Gasteiger partial charge in [-0.1, -0.05) is 39.8 Å². The molecule has 0 atom stereocenters. The first-order valence-corrected chi connectivity index (χ1v) is 7.85. The fraction of sp³-hybridized carbons (Fsp3) is 0.538. The van der Waals surface area contributed by atoms with Crippen molar-refractivity contribution in [2.45, 2.75) is 45.7 Å². The van der Waals surface area contributed by atoms with Crippen molar-refractivity contribution in [1.29, 1.82) is 0 Å². The molecule has 0 aliphatic heterocycles. The van der Waals surface area contributed by atoms with E-state index in [1.54, 1.807) is 0 Å². The largest absolute Gasteiger partial charge is 0.520 e. The maximum Gasteiger partial charge on any atom is 0.401 e. The van der Waals surface area contributed by atoms with Gasteiger partial charge in [-0.25, -0.2) is 0 Å². The molecule has 1 rings (SSSR count). The molecular formula is C13H22O2Si. The van der Waals surface area contributed by atoms with Crippen LogP contribution in [0.3, 0.4) is 0 Å². The molecule has 0 aromatic heterocycles. The minimum Gasteiger partial charge on any atom is -0.520 e. The van der Waals surface area contributed by atoms with Gasteiger partial charge in [0, 0.05) is 11.1 Å². The molecule has 0 fully saturated rings. The Morgan fingerprint density at radius 3 is 2.12 bits per heavy atom. The van der Waals surface area contributed by atoms with Crippen LogP contribution in [-0.2, 0) is 0 Å². The third-order valence-corrected chi connectivity index (χ3v) is 6.80. The lowest BCUT2D eigenvalue weighted by Crippen LogP contribution is -2.48. The fourth-order valence-corrected chi connectivity index (χ4v) is 4.08. The van der Waals surface area contributed by atoms with E-state index in [4.69, 9.17) is 4.43 Å². The van der Waals surface area contributed by atoms with Crippen molar-refractivity contribution < 1.29 is 9.22 Å². The van der Waals surface area contributed by atoms with Crippen LogP contribution in [0.15, 0.2) is 24.3 Å². The summed E-state index contributed by atoms with van der Waals surface area (Å²) in [4.78, 5) is 10.6. The van der Waals surface area contributed by atoms with Crippen LogP contribution >= 0.6 is 0 Å². The Hall–Kier alpha value is -0.803. The first kappa shape index (κ1) is 13.3. The molecule has 0 heterocycles. The molecule has 1 aromatic rings. The molecule has 0 saturated heterocycles. The Morgan fingerprint density at radius 1 is 1.12 bits per heavy atom. The molecule has 0 spiro atoms. The summed E-state index contributed by atoms with van der Waals surface area (Å²) in [6.45, 7) is 10.1. The lowest BCUT2D eigenvalue weighted by Gasteiger charge is -2.32. The van der Waals surface area contributed by atoms with Crippen LogP contribution in [0.5, 0.6) is 5.75 Å². The maximum absolute atomic E-state index is 10.6. The molecule has 1 N–H and O–H groups in total. The summed E-state index contributed by atoms with van der Waals surface area (Å²) in [5.74, 6) is 0.788. The van der Waals surface area contributed by atoms with Gasteiger partial charge >= 0.3 is 8.56 Å². The smallest absolute Gasteiger partial charge is 0.401 e. The summed E-state index contributed by atoms with van der Waals surface area (Å²) in [7, 11) is -2.67. The molecule has 90 valence electrons. The highest BCUT2D eigenvalue weighted by Crippen LogP contribution is 2.32. The lowest BCUT2D eigenvalue weighted by molar-refractivity contribution is 0.340. The minimum absolute atomic E-state index is 0.188. The molecule has 3 heteroatoms. The van der Waals surface area contributed by atoms with E-state index in [1.165, 1.54) is 0 Å². The molecule has 1 aromatic carbocycles. The van der Waals surface area contributed by atoms with Gasteiger partial charge in [0.1, 0.15) is 5.75 Å². The normalized spacial score (nSPS) is 12.2. The van der Waals surface area contributed by atoms with Gasteiger partial charge in [0.2, 0.25) is 0 Å². The van der Waals surface area contributed by atoms with Gasteiger partial charge in [-0.2, -0.15) is 0 Å².